The molecule has 0 unspecified atom stereocenters. The Hall–Kier alpha value is -3.50. The Morgan fingerprint density at radius 1 is 0.818 bits per heavy atom. The lowest BCUT2D eigenvalue weighted by molar-refractivity contribution is -0.147. The van der Waals surface area contributed by atoms with Gasteiger partial charge >= 0.3 is 6.03 Å². The lowest BCUT2D eigenvalue weighted by Gasteiger charge is -2.34. The molecule has 3 aliphatic rings. The lowest BCUT2D eigenvalue weighted by atomic mass is 9.88. The molecule has 0 aromatic carbocycles. The highest BCUT2D eigenvalue weighted by Crippen LogP contribution is 2.27. The second-order valence-corrected chi connectivity index (χ2v) is 16.1. The van der Waals surface area contributed by atoms with Crippen LogP contribution < -0.4 is 43.4 Å². The predicted molar refractivity (Wildman–Crippen MR) is 210 cm³/mol. The number of urea groups is 1. The molecule has 314 valence electrons. The Bertz CT molecular complexity index is 1260. The van der Waals surface area contributed by atoms with Gasteiger partial charge in [0.1, 0.15) is 24.2 Å². The third kappa shape index (κ3) is 14.5. The van der Waals surface area contributed by atoms with Crippen molar-refractivity contribution in [1.82, 2.24) is 36.8 Å². The van der Waals surface area contributed by atoms with E-state index in [9.17, 15) is 28.8 Å². The molecule has 3 fully saturated rings. The van der Waals surface area contributed by atoms with Crippen LogP contribution in [0.25, 0.3) is 0 Å². The number of unbranched alkanes of at least 4 members (excludes halogenated alkanes) is 3. The summed E-state index contributed by atoms with van der Waals surface area (Å²) in [7, 11) is 1.63. The smallest absolute Gasteiger partial charge is 0.315 e. The molecule has 10 N–H and O–H groups in total. The lowest BCUT2D eigenvalue weighted by Crippen LogP contribution is -2.63. The topological polar surface area (TPSA) is 239 Å². The number of hydrogen-bond donors (Lipinski definition) is 8. The number of carbonyl (C=O) groups excluding carboxylic acids is 6. The molecule has 2 aliphatic carbocycles. The fourth-order valence-corrected chi connectivity index (χ4v) is 7.79. The number of nitrogens with one attached hydrogen (secondary N) is 6. The standard InChI is InChI=1S/C39H71N9O7/c1-6-8-9-14-18-32-25(4)38(53)48(5)31(15-7-2)36(51)47-33(26-16-12-10-11-13-17-26)37(52)45-29(21-40)34(49)46-30(35(50)43-24(3)23-55-32)22-42-39(54)44-28-19-27(41)20-28/h24-33H,6-23,40-41H2,1-5H3,(H,43,50)(H,45,52)(H,46,49)(H,47,51)(H2,42,44,54)/t24-,25+,27?,28?,29-,30-,31-,32+,33-/m0/s1. The van der Waals surface area contributed by atoms with Gasteiger partial charge in [0.15, 0.2) is 0 Å². The number of nitrogens with zero attached hydrogens (tertiary/aromatic N) is 1. The van der Waals surface area contributed by atoms with Crippen LogP contribution in [0.1, 0.15) is 124 Å². The van der Waals surface area contributed by atoms with E-state index in [0.29, 0.717) is 44.9 Å². The van der Waals surface area contributed by atoms with Crippen LogP contribution in [0, 0.1) is 11.8 Å². The Kier molecular flexibility index (Phi) is 19.6. The molecule has 0 aromatic rings. The van der Waals surface area contributed by atoms with Crippen molar-refractivity contribution in [2.75, 3.05) is 26.7 Å². The molecule has 1 aliphatic heterocycles. The molecule has 3 rings (SSSR count). The zero-order chi connectivity index (χ0) is 40.5. The number of nitrogens with two attached hydrogens (primary N) is 2. The molecule has 55 heavy (non-hydrogen) atoms. The summed E-state index contributed by atoms with van der Waals surface area (Å²) in [6.45, 7) is 7.17. The molecule has 2 saturated carbocycles. The second-order valence-electron chi connectivity index (χ2n) is 16.1. The first kappa shape index (κ1) is 45.9. The molecular formula is C39H71N9O7. The highest BCUT2D eigenvalue weighted by Gasteiger charge is 2.38. The van der Waals surface area contributed by atoms with Gasteiger partial charge in [-0.05, 0) is 51.4 Å². The van der Waals surface area contributed by atoms with Gasteiger partial charge in [0, 0.05) is 38.3 Å². The first-order chi connectivity index (χ1) is 26.3. The largest absolute Gasteiger partial charge is 0.375 e. The molecule has 0 radical (unpaired) electrons. The van der Waals surface area contributed by atoms with Crippen LogP contribution >= 0.6 is 0 Å². The van der Waals surface area contributed by atoms with Gasteiger partial charge in [0.2, 0.25) is 29.5 Å². The highest BCUT2D eigenvalue weighted by molar-refractivity contribution is 5.96. The van der Waals surface area contributed by atoms with Crippen LogP contribution in [0.15, 0.2) is 0 Å². The molecule has 0 aromatic heterocycles. The first-order valence-corrected chi connectivity index (χ1v) is 20.9. The Morgan fingerprint density at radius 2 is 1.47 bits per heavy atom. The van der Waals surface area contributed by atoms with E-state index in [1.807, 2.05) is 13.8 Å². The molecule has 16 nitrogen and oxygen atoms in total. The average molecular weight is 778 g/mol. The van der Waals surface area contributed by atoms with Crippen molar-refractivity contribution in [2.24, 2.45) is 23.3 Å². The van der Waals surface area contributed by atoms with E-state index in [-0.39, 0.29) is 43.6 Å². The van der Waals surface area contributed by atoms with Crippen molar-refractivity contribution in [3.63, 3.8) is 0 Å². The van der Waals surface area contributed by atoms with Crippen LogP contribution in [0.5, 0.6) is 0 Å². The van der Waals surface area contributed by atoms with E-state index in [2.05, 4.69) is 38.8 Å². The summed E-state index contributed by atoms with van der Waals surface area (Å²) < 4.78 is 6.37. The molecular weight excluding hydrogens is 706 g/mol. The quantitative estimate of drug-likeness (QED) is 0.105. The summed E-state index contributed by atoms with van der Waals surface area (Å²) in [6, 6.07) is -5.38. The maximum atomic E-state index is 14.2. The van der Waals surface area contributed by atoms with Gasteiger partial charge in [-0.2, -0.15) is 0 Å². The van der Waals surface area contributed by atoms with E-state index in [1.54, 1.807) is 14.0 Å². The monoisotopic (exact) mass is 778 g/mol. The fraction of sp³-hybridized carbons (Fsp3) is 0.846. The third-order valence-electron chi connectivity index (χ3n) is 11.3. The number of hydrogen-bond acceptors (Lipinski definition) is 9. The number of likely N-dealkylation sites (N-methyl/N-ethyl adjacent to an activating group) is 1. The zero-order valence-electron chi connectivity index (χ0n) is 34.0. The Labute approximate surface area is 327 Å². The Balaban J connectivity index is 1.96. The van der Waals surface area contributed by atoms with Crippen molar-refractivity contribution in [2.45, 2.75) is 172 Å². The molecule has 7 atom stereocenters. The van der Waals surface area contributed by atoms with E-state index < -0.39 is 71.9 Å². The van der Waals surface area contributed by atoms with Gasteiger partial charge in [0.25, 0.3) is 0 Å². The summed E-state index contributed by atoms with van der Waals surface area (Å²) in [5.41, 5.74) is 11.9. The molecule has 1 saturated heterocycles. The minimum Gasteiger partial charge on any atom is -0.375 e. The van der Waals surface area contributed by atoms with E-state index in [1.165, 1.54) is 4.90 Å². The predicted octanol–water partition coefficient (Wildman–Crippen LogP) is 1.30. The minimum atomic E-state index is -1.24. The molecule has 0 bridgehead atoms. The van der Waals surface area contributed by atoms with Gasteiger partial charge < -0.3 is 53.0 Å². The molecule has 7 amide bonds. The SMILES string of the molecule is CCCCCC[C@H]1OC[C@H](C)NC(=O)[C@H](CNC(=O)NC2CC(N)C2)NC(=O)[C@H](CN)NC(=O)[C@H](C2CCCCCC2)NC(=O)[C@H](CCC)N(C)C(=O)[C@@H]1C. The van der Waals surface area contributed by atoms with E-state index in [0.717, 1.165) is 51.4 Å². The minimum absolute atomic E-state index is 0.0276. The van der Waals surface area contributed by atoms with Crippen molar-refractivity contribution in [3.8, 4) is 0 Å². The van der Waals surface area contributed by atoms with Crippen molar-refractivity contribution in [3.05, 3.63) is 0 Å². The first-order valence-electron chi connectivity index (χ1n) is 20.9. The van der Waals surface area contributed by atoms with Gasteiger partial charge in [-0.1, -0.05) is 78.6 Å². The summed E-state index contributed by atoms with van der Waals surface area (Å²) in [5, 5.41) is 16.8. The van der Waals surface area contributed by atoms with E-state index in [4.69, 9.17) is 16.2 Å². The van der Waals surface area contributed by atoms with Crippen LogP contribution in [0.2, 0.25) is 0 Å². The summed E-state index contributed by atoms with van der Waals surface area (Å²) in [6.07, 6.45) is 11.6. The number of carbonyl (C=O) groups is 6. The van der Waals surface area contributed by atoms with Crippen molar-refractivity contribution >= 4 is 35.6 Å². The Morgan fingerprint density at radius 3 is 2.09 bits per heavy atom. The zero-order valence-corrected chi connectivity index (χ0v) is 34.0. The van der Waals surface area contributed by atoms with Gasteiger partial charge in [-0.3, -0.25) is 24.0 Å². The summed E-state index contributed by atoms with van der Waals surface area (Å²) in [4.78, 5) is 84.1. The van der Waals surface area contributed by atoms with Crippen LogP contribution in [-0.4, -0.2) is 116 Å². The van der Waals surface area contributed by atoms with Crippen LogP contribution in [-0.2, 0) is 28.7 Å². The average Bonchev–Trinajstić information content (AvgIpc) is 3.43. The fourth-order valence-electron chi connectivity index (χ4n) is 7.79. The van der Waals surface area contributed by atoms with Gasteiger partial charge in [-0.15, -0.1) is 0 Å². The molecule has 16 heteroatoms. The third-order valence-corrected chi connectivity index (χ3v) is 11.3. The van der Waals surface area contributed by atoms with Gasteiger partial charge in [-0.25, -0.2) is 4.79 Å². The number of amides is 7. The van der Waals surface area contributed by atoms with Crippen molar-refractivity contribution in [1.29, 1.82) is 0 Å². The number of rotatable bonds is 12. The maximum absolute atomic E-state index is 14.2. The summed E-state index contributed by atoms with van der Waals surface area (Å²) >= 11 is 0. The van der Waals surface area contributed by atoms with Crippen molar-refractivity contribution < 1.29 is 33.5 Å². The van der Waals surface area contributed by atoms with E-state index >= 15 is 0 Å². The van der Waals surface area contributed by atoms with Gasteiger partial charge in [0.05, 0.1) is 18.6 Å². The highest BCUT2D eigenvalue weighted by atomic mass is 16.5. The molecule has 1 heterocycles. The number of ether oxygens (including phenoxy) is 1. The molecule has 0 spiro atoms. The summed E-state index contributed by atoms with van der Waals surface area (Å²) in [5.74, 6) is -3.33. The van der Waals surface area contributed by atoms with Crippen LogP contribution in [0.4, 0.5) is 4.79 Å². The normalized spacial score (nSPS) is 31.3. The maximum Gasteiger partial charge on any atom is 0.315 e. The second kappa shape index (κ2) is 23.5. The van der Waals surface area contributed by atoms with Crippen LogP contribution in [0.3, 0.4) is 0 Å².